The molecule has 24 nitrogen and oxygen atoms in total. The summed E-state index contributed by atoms with van der Waals surface area (Å²) in [4.78, 5) is 46.5. The van der Waals surface area contributed by atoms with Crippen LogP contribution in [-0.2, 0) is 57.2 Å². The Morgan fingerprint density at radius 1 is 0.383 bits per heavy atom. The summed E-state index contributed by atoms with van der Waals surface area (Å²) in [6, 6.07) is 17.9. The Morgan fingerprint density at radius 2 is 0.704 bits per heavy atom. The second kappa shape index (κ2) is 25.0. The van der Waals surface area contributed by atoms with Gasteiger partial charge in [0.15, 0.2) is 11.6 Å². The van der Waals surface area contributed by atoms with Crippen molar-refractivity contribution in [3.63, 3.8) is 0 Å². The third-order valence-electron chi connectivity index (χ3n) is 13.1. The standard InChI is InChI=1S/C52H64N16O8S4.Cu/c1-65(2)27-11-23-53-77(69,70)33-19-21-35-39(31-33)49-57-45(35)61-51-43-37(15-9-17-41(43)79(73,74)55-25-13-29-67(5)6)47(63-51)59-48-38-16-10-18-42(80(75,76)56-26-14-30-68(7)8)44(38)52(64-48)62-46-36-22-20-34(32-40(36)50(58-46)60-49)78(71,72)54-24-12-28-66(3)4;/h9-10,15-22,31-32,53-56H,11-14,23-30H2,1-8H3;/q-2;+2. The van der Waals surface area contributed by atoms with Crippen molar-refractivity contribution >= 4 is 84.2 Å². The van der Waals surface area contributed by atoms with E-state index in [1.807, 2.05) is 76.0 Å². The van der Waals surface area contributed by atoms with Gasteiger partial charge in [0.25, 0.3) is 0 Å². The van der Waals surface area contributed by atoms with Crippen LogP contribution >= 0.6 is 0 Å². The third kappa shape index (κ3) is 13.7. The predicted octanol–water partition coefficient (Wildman–Crippen LogP) is 3.04. The van der Waals surface area contributed by atoms with Crippen molar-refractivity contribution in [1.82, 2.24) is 78.4 Å². The predicted molar refractivity (Wildman–Crippen MR) is 307 cm³/mol. The van der Waals surface area contributed by atoms with Gasteiger partial charge >= 0.3 is 17.1 Å². The maximum Gasteiger partial charge on any atom is 2.00 e. The molecular formula is C52H64CuN16O8S4. The van der Waals surface area contributed by atoms with Gasteiger partial charge in [-0.1, -0.05) is 36.4 Å². The summed E-state index contributed by atoms with van der Waals surface area (Å²) in [5, 5.41) is 1.00. The van der Waals surface area contributed by atoms with Gasteiger partial charge in [-0.15, -0.1) is 0 Å². The first-order valence-electron chi connectivity index (χ1n) is 25.8. The number of sulfonamides is 4. The molecular weight excluding hydrogens is 1170 g/mol. The zero-order valence-corrected chi connectivity index (χ0v) is 50.2. The molecule has 1 radical (unpaired) electrons. The van der Waals surface area contributed by atoms with Gasteiger partial charge in [0.2, 0.25) is 40.1 Å². The van der Waals surface area contributed by atoms with Crippen molar-refractivity contribution in [2.24, 2.45) is 0 Å². The minimum atomic E-state index is -4.26. The maximum atomic E-state index is 14.4. The summed E-state index contributed by atoms with van der Waals surface area (Å²) in [7, 11) is -1.67. The summed E-state index contributed by atoms with van der Waals surface area (Å²) in [6.45, 7) is 3.02. The van der Waals surface area contributed by atoms with Crippen LogP contribution in [0.15, 0.2) is 92.4 Å². The monoisotopic (exact) mass is 1230 g/mol. The van der Waals surface area contributed by atoms with Gasteiger partial charge in [0.05, 0.1) is 31.2 Å². The Hall–Kier alpha value is -5.76. The van der Waals surface area contributed by atoms with E-state index in [1.165, 1.54) is 48.5 Å². The molecule has 0 amide bonds. The van der Waals surface area contributed by atoms with Crippen LogP contribution in [0.2, 0.25) is 0 Å². The number of hydrogen-bond donors (Lipinski definition) is 4. The molecule has 4 N–H and O–H groups in total. The fourth-order valence-corrected chi connectivity index (χ4v) is 14.0. The molecule has 0 saturated carbocycles. The average molecular weight is 1230 g/mol. The van der Waals surface area contributed by atoms with Crippen LogP contribution < -0.4 is 28.9 Å². The molecule has 0 saturated heterocycles. The zero-order chi connectivity index (χ0) is 57.3. The molecule has 0 spiro atoms. The maximum absolute atomic E-state index is 14.4. The molecule has 81 heavy (non-hydrogen) atoms. The summed E-state index contributed by atoms with van der Waals surface area (Å²) < 4.78 is 124. The van der Waals surface area contributed by atoms with Gasteiger partial charge in [-0.2, -0.15) is 0 Å². The fraction of sp³-hybridized carbons (Fsp3) is 0.385. The Bertz CT molecular complexity index is 3900. The smallest absolute Gasteiger partial charge is 0.357 e. The van der Waals surface area contributed by atoms with Gasteiger partial charge in [0, 0.05) is 71.0 Å². The van der Waals surface area contributed by atoms with Crippen LogP contribution in [0.25, 0.3) is 89.7 Å². The van der Waals surface area contributed by atoms with Crippen molar-refractivity contribution in [2.75, 3.05) is 109 Å². The van der Waals surface area contributed by atoms with Crippen molar-refractivity contribution in [2.45, 2.75) is 45.3 Å². The van der Waals surface area contributed by atoms with E-state index in [4.69, 9.17) is 39.9 Å². The minimum Gasteiger partial charge on any atom is -0.357 e. The number of benzene rings is 4. The molecule has 7 aromatic rings. The number of hydrogen-bond acceptors (Lipinski definition) is 18. The first-order chi connectivity index (χ1) is 37.9. The van der Waals surface area contributed by atoms with Crippen molar-refractivity contribution in [3.8, 4) is 45.6 Å². The Labute approximate surface area is 482 Å². The van der Waals surface area contributed by atoms with Gasteiger partial charge in [-0.3, -0.25) is 0 Å². The van der Waals surface area contributed by atoms with E-state index in [0.29, 0.717) is 62.6 Å². The van der Waals surface area contributed by atoms with Crippen molar-refractivity contribution in [3.05, 3.63) is 72.8 Å². The van der Waals surface area contributed by atoms with Gasteiger partial charge in [0.1, 0.15) is 0 Å². The normalized spacial score (nSPS) is 13.0. The van der Waals surface area contributed by atoms with E-state index in [-0.39, 0.29) is 142 Å². The quantitative estimate of drug-likeness (QED) is 0.0499. The molecule has 0 aliphatic carbocycles. The molecule has 9 rings (SSSR count). The van der Waals surface area contributed by atoms with Crippen molar-refractivity contribution in [1.29, 1.82) is 0 Å². The largest absolute Gasteiger partial charge is 2.00 e. The second-order valence-corrected chi connectivity index (χ2v) is 27.5. The van der Waals surface area contributed by atoms with Gasteiger partial charge in [-0.05, 0) is 166 Å². The third-order valence-corrected chi connectivity index (χ3v) is 19.0. The van der Waals surface area contributed by atoms with E-state index >= 15 is 0 Å². The van der Waals surface area contributed by atoms with Crippen LogP contribution in [0, 0.1) is 0 Å². The molecule has 29 heteroatoms. The molecule has 0 atom stereocenters. The average Bonchev–Trinajstić information content (AvgIpc) is 4.37. The zero-order valence-electron chi connectivity index (χ0n) is 46.0. The van der Waals surface area contributed by atoms with Crippen LogP contribution in [0.4, 0.5) is 0 Å². The SMILES string of the molecule is CN(C)CCCNS(=O)(=O)c1ccc2c3nc4nc(nc5nc(nc6[n-]c(nc([n-]3)c2c1)c1cc(S(=O)(=O)NCCCN(C)C)ccc61)-c1c-5cccc1S(=O)(=O)NCCCN(C)C)-c1cccc(S(=O)(=O)NCCCN(C)C)c1-4.[Cu+2]. The first kappa shape index (κ1) is 61.3. The van der Waals surface area contributed by atoms with Crippen LogP contribution in [-0.4, -0.2) is 192 Å². The summed E-state index contributed by atoms with van der Waals surface area (Å²) in [6.07, 6.45) is 2.07. The minimum absolute atomic E-state index is 0. The van der Waals surface area contributed by atoms with E-state index < -0.39 is 40.1 Å². The Balaban J connectivity index is 0.00000860. The number of rotatable bonds is 24. The van der Waals surface area contributed by atoms with Crippen LogP contribution in [0.5, 0.6) is 0 Å². The van der Waals surface area contributed by atoms with E-state index in [9.17, 15) is 33.7 Å². The second-order valence-electron chi connectivity index (χ2n) is 20.5. The van der Waals surface area contributed by atoms with Gasteiger partial charge in [-0.25, -0.2) is 67.5 Å². The molecule has 435 valence electrons. The number of nitrogens with one attached hydrogen (secondary N) is 4. The number of fused-ring (bicyclic) bond motifs is 20. The van der Waals surface area contributed by atoms with Gasteiger partial charge < -0.3 is 44.5 Å². The van der Waals surface area contributed by atoms with Crippen LogP contribution in [0.3, 0.4) is 0 Å². The molecule has 5 heterocycles. The number of nitrogens with zero attached hydrogens (tertiary/aromatic N) is 12. The molecule has 8 bridgehead atoms. The summed E-state index contributed by atoms with van der Waals surface area (Å²) in [5.41, 5.74) is 0.453. The number of aromatic nitrogens is 8. The van der Waals surface area contributed by atoms with Crippen molar-refractivity contribution < 1.29 is 50.7 Å². The Kier molecular flexibility index (Phi) is 18.9. The molecule has 4 aromatic carbocycles. The van der Waals surface area contributed by atoms with E-state index in [1.54, 1.807) is 24.3 Å². The Morgan fingerprint density at radius 3 is 1.05 bits per heavy atom. The molecule has 2 aliphatic rings. The molecule has 0 fully saturated rings. The van der Waals surface area contributed by atoms with E-state index in [2.05, 4.69) is 18.9 Å². The first-order valence-corrected chi connectivity index (χ1v) is 31.7. The topological polar surface area (TPSA) is 303 Å². The molecule has 3 aromatic heterocycles. The molecule has 0 unspecified atom stereocenters. The summed E-state index contributed by atoms with van der Waals surface area (Å²) >= 11 is 0. The fourth-order valence-electron chi connectivity index (χ4n) is 9.16. The van der Waals surface area contributed by atoms with E-state index in [0.717, 1.165) is 0 Å². The van der Waals surface area contributed by atoms with Crippen LogP contribution in [0.1, 0.15) is 25.7 Å². The summed E-state index contributed by atoms with van der Waals surface area (Å²) in [5.74, 6) is -0.282. The molecule has 2 aliphatic heterocycles.